The van der Waals surface area contributed by atoms with Crippen molar-refractivity contribution in [1.29, 1.82) is 0 Å². The third-order valence-corrected chi connectivity index (χ3v) is 4.57. The Hall–Kier alpha value is -2.75. The molecule has 122 valence electrons. The zero-order valence-corrected chi connectivity index (χ0v) is 13.7. The van der Waals surface area contributed by atoms with Gasteiger partial charge in [-0.05, 0) is 36.8 Å². The molecule has 2 aromatic carbocycles. The number of anilines is 1. The smallest absolute Gasteiger partial charge is 0.289 e. The number of fused-ring (bicyclic) bond motifs is 1. The molecule has 4 rings (SSSR count). The van der Waals surface area contributed by atoms with Crippen molar-refractivity contribution < 1.29 is 9.21 Å². The van der Waals surface area contributed by atoms with Crippen LogP contribution in [0.4, 0.5) is 5.69 Å². The van der Waals surface area contributed by atoms with Crippen LogP contribution in [0.2, 0.25) is 0 Å². The molecule has 0 spiro atoms. The molecule has 0 bridgehead atoms. The Bertz CT molecular complexity index is 843. The van der Waals surface area contributed by atoms with Gasteiger partial charge in [-0.15, -0.1) is 0 Å². The van der Waals surface area contributed by atoms with Gasteiger partial charge in [0.05, 0.1) is 0 Å². The summed E-state index contributed by atoms with van der Waals surface area (Å²) in [6.07, 6.45) is 0. The molecule has 0 unspecified atom stereocenters. The van der Waals surface area contributed by atoms with Gasteiger partial charge in [0, 0.05) is 37.3 Å². The van der Waals surface area contributed by atoms with E-state index >= 15 is 0 Å². The highest BCUT2D eigenvalue weighted by atomic mass is 16.3. The second-order valence-corrected chi connectivity index (χ2v) is 6.27. The first-order valence-electron chi connectivity index (χ1n) is 8.30. The van der Waals surface area contributed by atoms with Crippen molar-refractivity contribution in [1.82, 2.24) is 4.90 Å². The van der Waals surface area contributed by atoms with E-state index in [1.54, 1.807) is 0 Å². The molecule has 4 nitrogen and oxygen atoms in total. The maximum atomic E-state index is 12.7. The Balaban J connectivity index is 1.46. The number of benzene rings is 2. The number of carbonyl (C=O) groups is 1. The predicted octanol–water partition coefficient (Wildman–Crippen LogP) is 3.70. The van der Waals surface area contributed by atoms with Crippen LogP contribution in [0, 0.1) is 6.92 Å². The summed E-state index contributed by atoms with van der Waals surface area (Å²) < 4.78 is 5.71. The zero-order chi connectivity index (χ0) is 16.5. The van der Waals surface area contributed by atoms with Crippen LogP contribution in [-0.2, 0) is 0 Å². The summed E-state index contributed by atoms with van der Waals surface area (Å²) in [5.41, 5.74) is 3.25. The van der Waals surface area contributed by atoms with E-state index < -0.39 is 0 Å². The molecule has 1 aliphatic rings. The van der Waals surface area contributed by atoms with Crippen LogP contribution >= 0.6 is 0 Å². The van der Waals surface area contributed by atoms with Crippen molar-refractivity contribution in [3.63, 3.8) is 0 Å². The lowest BCUT2D eigenvalue weighted by atomic mass is 10.2. The van der Waals surface area contributed by atoms with Crippen LogP contribution in [0.5, 0.6) is 0 Å². The lowest BCUT2D eigenvalue weighted by molar-refractivity contribution is 0.0717. The van der Waals surface area contributed by atoms with E-state index in [4.69, 9.17) is 4.42 Å². The van der Waals surface area contributed by atoms with Gasteiger partial charge in [-0.2, -0.15) is 0 Å². The molecule has 2 heterocycles. The van der Waals surface area contributed by atoms with Gasteiger partial charge in [-0.3, -0.25) is 4.79 Å². The molecule has 0 atom stereocenters. The number of furan rings is 1. The minimum atomic E-state index is -0.0184. The van der Waals surface area contributed by atoms with Gasteiger partial charge in [0.1, 0.15) is 5.58 Å². The first kappa shape index (κ1) is 14.8. The normalized spacial score (nSPS) is 15.0. The summed E-state index contributed by atoms with van der Waals surface area (Å²) in [6.45, 7) is 5.21. The van der Waals surface area contributed by atoms with Gasteiger partial charge in [0.2, 0.25) is 0 Å². The summed E-state index contributed by atoms with van der Waals surface area (Å²) in [5, 5.41) is 0.972. The molecular weight excluding hydrogens is 300 g/mol. The molecule has 1 aliphatic heterocycles. The van der Waals surface area contributed by atoms with Crippen LogP contribution in [-0.4, -0.2) is 37.0 Å². The van der Waals surface area contributed by atoms with Crippen molar-refractivity contribution in [2.24, 2.45) is 0 Å². The maximum absolute atomic E-state index is 12.7. The highest BCUT2D eigenvalue weighted by Gasteiger charge is 2.24. The van der Waals surface area contributed by atoms with E-state index in [9.17, 15) is 4.79 Å². The number of carbonyl (C=O) groups excluding carboxylic acids is 1. The average molecular weight is 320 g/mol. The van der Waals surface area contributed by atoms with Crippen LogP contribution in [0.1, 0.15) is 16.1 Å². The molecule has 1 saturated heterocycles. The van der Waals surface area contributed by atoms with E-state index in [1.807, 2.05) is 35.2 Å². The average Bonchev–Trinajstić information content (AvgIpc) is 3.05. The third-order valence-electron chi connectivity index (χ3n) is 4.57. The summed E-state index contributed by atoms with van der Waals surface area (Å²) in [4.78, 5) is 16.9. The lowest BCUT2D eigenvalue weighted by Gasteiger charge is -2.35. The van der Waals surface area contributed by atoms with Crippen molar-refractivity contribution in [2.45, 2.75) is 6.92 Å². The Kier molecular flexibility index (Phi) is 3.73. The molecular formula is C20H20N2O2. The minimum absolute atomic E-state index is 0.0184. The van der Waals surface area contributed by atoms with Gasteiger partial charge in [0.25, 0.3) is 5.91 Å². The number of aryl methyl sites for hydroxylation is 1. The number of nitrogens with zero attached hydrogens (tertiary/aromatic N) is 2. The lowest BCUT2D eigenvalue weighted by Crippen LogP contribution is -2.48. The van der Waals surface area contributed by atoms with Crippen LogP contribution in [0.25, 0.3) is 11.0 Å². The number of hydrogen-bond acceptors (Lipinski definition) is 3. The molecule has 1 amide bonds. The van der Waals surface area contributed by atoms with E-state index in [-0.39, 0.29) is 5.91 Å². The van der Waals surface area contributed by atoms with Gasteiger partial charge < -0.3 is 14.2 Å². The summed E-state index contributed by atoms with van der Waals surface area (Å²) in [7, 11) is 0. The fraction of sp³-hybridized carbons (Fsp3) is 0.250. The highest BCUT2D eigenvalue weighted by Crippen LogP contribution is 2.22. The molecule has 1 fully saturated rings. The molecule has 0 N–H and O–H groups in total. The standard InChI is InChI=1S/C20H20N2O2/c1-15-5-4-7-17(13-15)21-9-11-22(12-10-21)20(23)19-14-16-6-2-3-8-18(16)24-19/h2-8,13-14H,9-12H2,1H3. The monoisotopic (exact) mass is 320 g/mol. The SMILES string of the molecule is Cc1cccc(N2CCN(C(=O)c3cc4ccccc4o3)CC2)c1. The summed E-state index contributed by atoms with van der Waals surface area (Å²) >= 11 is 0. The number of hydrogen-bond donors (Lipinski definition) is 0. The van der Waals surface area contributed by atoms with Gasteiger partial charge in [-0.1, -0.05) is 30.3 Å². The molecule has 3 aromatic rings. The highest BCUT2D eigenvalue weighted by molar-refractivity contribution is 5.96. The maximum Gasteiger partial charge on any atom is 0.289 e. The third kappa shape index (κ3) is 2.75. The molecule has 24 heavy (non-hydrogen) atoms. The molecule has 1 aromatic heterocycles. The molecule has 0 aliphatic carbocycles. The van der Waals surface area contributed by atoms with Crippen molar-refractivity contribution in [3.8, 4) is 0 Å². The fourth-order valence-electron chi connectivity index (χ4n) is 3.24. The second kappa shape index (κ2) is 6.04. The number of para-hydroxylation sites is 1. The largest absolute Gasteiger partial charge is 0.451 e. The predicted molar refractivity (Wildman–Crippen MR) is 95.5 cm³/mol. The van der Waals surface area contributed by atoms with Crippen LogP contribution < -0.4 is 4.90 Å². The van der Waals surface area contributed by atoms with Crippen molar-refractivity contribution in [2.75, 3.05) is 31.1 Å². The molecule has 4 heteroatoms. The zero-order valence-electron chi connectivity index (χ0n) is 13.7. The van der Waals surface area contributed by atoms with Gasteiger partial charge in [-0.25, -0.2) is 0 Å². The van der Waals surface area contributed by atoms with Gasteiger partial charge in [0.15, 0.2) is 5.76 Å². The van der Waals surface area contributed by atoms with Crippen molar-refractivity contribution >= 4 is 22.6 Å². The number of piperazine rings is 1. The number of amides is 1. The molecule has 0 radical (unpaired) electrons. The van der Waals surface area contributed by atoms with E-state index in [0.29, 0.717) is 18.8 Å². The van der Waals surface area contributed by atoms with E-state index in [1.165, 1.54) is 11.3 Å². The fourth-order valence-corrected chi connectivity index (χ4v) is 3.24. The van der Waals surface area contributed by atoms with Crippen LogP contribution in [0.3, 0.4) is 0 Å². The Morgan fingerprint density at radius 3 is 2.50 bits per heavy atom. The number of rotatable bonds is 2. The molecule has 0 saturated carbocycles. The van der Waals surface area contributed by atoms with Crippen LogP contribution in [0.15, 0.2) is 59.0 Å². The quantitative estimate of drug-likeness (QED) is 0.722. The first-order valence-corrected chi connectivity index (χ1v) is 8.30. The Labute approximate surface area is 141 Å². The van der Waals surface area contributed by atoms with E-state index in [0.717, 1.165) is 24.1 Å². The minimum Gasteiger partial charge on any atom is -0.451 e. The Morgan fingerprint density at radius 1 is 0.958 bits per heavy atom. The Morgan fingerprint density at radius 2 is 1.75 bits per heavy atom. The summed E-state index contributed by atoms with van der Waals surface area (Å²) in [6, 6.07) is 18.1. The second-order valence-electron chi connectivity index (χ2n) is 6.27. The topological polar surface area (TPSA) is 36.7 Å². The van der Waals surface area contributed by atoms with Gasteiger partial charge >= 0.3 is 0 Å². The first-order chi connectivity index (χ1) is 11.7. The van der Waals surface area contributed by atoms with Crippen molar-refractivity contribution in [3.05, 3.63) is 65.9 Å². The summed E-state index contributed by atoms with van der Waals surface area (Å²) in [5.74, 6) is 0.412. The van der Waals surface area contributed by atoms with E-state index in [2.05, 4.69) is 36.1 Å².